The van der Waals surface area contributed by atoms with Crippen LogP contribution in [0.1, 0.15) is 66.6 Å². The topological polar surface area (TPSA) is 87.7 Å². The molecule has 0 radical (unpaired) electrons. The molecule has 0 saturated carbocycles. The van der Waals surface area contributed by atoms with Crippen LogP contribution < -0.4 is 10.8 Å². The predicted molar refractivity (Wildman–Crippen MR) is 111 cm³/mol. The van der Waals surface area contributed by atoms with E-state index in [0.717, 1.165) is 30.4 Å². The van der Waals surface area contributed by atoms with Crippen molar-refractivity contribution >= 4 is 11.8 Å². The van der Waals surface area contributed by atoms with Crippen LogP contribution in [0.5, 0.6) is 0 Å². The zero-order chi connectivity index (χ0) is 21.8. The zero-order valence-electron chi connectivity index (χ0n) is 17.2. The molecular formula is C23H29FN2O4. The van der Waals surface area contributed by atoms with E-state index in [-0.39, 0.29) is 23.7 Å². The third-order valence-corrected chi connectivity index (χ3v) is 4.80. The monoisotopic (exact) mass is 416 g/mol. The SMILES string of the molecule is CC(OCc1ccc(F)cc1)c1ccc(C(=O)NCCCCCCC(=O)NO)cc1. The standard InChI is InChI=1S/C23H29FN2O4/c1-17(30-16-18-7-13-21(24)14-8-18)19-9-11-20(12-10-19)23(28)25-15-5-3-2-4-6-22(27)26-29/h7-14,17,29H,2-6,15-16H2,1H3,(H,25,28)(H,26,27). The van der Waals surface area contributed by atoms with Crippen LogP contribution in [0.3, 0.4) is 0 Å². The van der Waals surface area contributed by atoms with Gasteiger partial charge in [-0.05, 0) is 55.2 Å². The number of carbonyl (C=O) groups is 2. The van der Waals surface area contributed by atoms with E-state index in [2.05, 4.69) is 5.32 Å². The highest BCUT2D eigenvalue weighted by Gasteiger charge is 2.09. The molecular weight excluding hydrogens is 387 g/mol. The number of nitrogens with one attached hydrogen (secondary N) is 2. The van der Waals surface area contributed by atoms with Gasteiger partial charge in [0.25, 0.3) is 5.91 Å². The van der Waals surface area contributed by atoms with Crippen LogP contribution in [0.2, 0.25) is 0 Å². The van der Waals surface area contributed by atoms with Gasteiger partial charge < -0.3 is 10.1 Å². The van der Waals surface area contributed by atoms with Crippen molar-refractivity contribution in [2.45, 2.75) is 51.7 Å². The molecule has 6 nitrogen and oxygen atoms in total. The average molecular weight is 416 g/mol. The van der Waals surface area contributed by atoms with Crippen molar-refractivity contribution in [2.75, 3.05) is 6.54 Å². The first kappa shape index (κ1) is 23.5. The quantitative estimate of drug-likeness (QED) is 0.274. The first-order valence-corrected chi connectivity index (χ1v) is 10.2. The van der Waals surface area contributed by atoms with E-state index in [1.54, 1.807) is 29.7 Å². The van der Waals surface area contributed by atoms with Crippen molar-refractivity contribution in [3.8, 4) is 0 Å². The minimum absolute atomic E-state index is 0.124. The number of hydroxylamine groups is 1. The fourth-order valence-electron chi connectivity index (χ4n) is 2.93. The second-order valence-electron chi connectivity index (χ2n) is 7.16. The molecule has 162 valence electrons. The highest BCUT2D eigenvalue weighted by molar-refractivity contribution is 5.94. The second-order valence-corrected chi connectivity index (χ2v) is 7.16. The van der Waals surface area contributed by atoms with Crippen molar-refractivity contribution in [1.82, 2.24) is 10.8 Å². The van der Waals surface area contributed by atoms with E-state index in [1.165, 1.54) is 12.1 Å². The molecule has 0 aliphatic carbocycles. The summed E-state index contributed by atoms with van der Waals surface area (Å²) in [6.07, 6.45) is 3.47. The second kappa shape index (κ2) is 12.7. The van der Waals surface area contributed by atoms with Crippen LogP contribution in [0.15, 0.2) is 48.5 Å². The Morgan fingerprint density at radius 1 is 1.00 bits per heavy atom. The Morgan fingerprint density at radius 2 is 1.67 bits per heavy atom. The van der Waals surface area contributed by atoms with E-state index in [9.17, 15) is 14.0 Å². The number of amides is 2. The van der Waals surface area contributed by atoms with Crippen LogP contribution in [0.4, 0.5) is 4.39 Å². The molecule has 30 heavy (non-hydrogen) atoms. The number of benzene rings is 2. The molecule has 0 bridgehead atoms. The van der Waals surface area contributed by atoms with Crippen LogP contribution >= 0.6 is 0 Å². The van der Waals surface area contributed by atoms with Gasteiger partial charge in [-0.15, -0.1) is 0 Å². The van der Waals surface area contributed by atoms with Crippen LogP contribution in [-0.4, -0.2) is 23.6 Å². The summed E-state index contributed by atoms with van der Waals surface area (Å²) in [6.45, 7) is 2.89. The summed E-state index contributed by atoms with van der Waals surface area (Å²) in [5.74, 6) is -0.768. The van der Waals surface area contributed by atoms with Crippen molar-refractivity contribution in [1.29, 1.82) is 0 Å². The molecule has 2 rings (SSSR count). The van der Waals surface area contributed by atoms with Gasteiger partial charge in [0, 0.05) is 18.5 Å². The smallest absolute Gasteiger partial charge is 0.251 e. The maximum atomic E-state index is 12.9. The predicted octanol–water partition coefficient (Wildman–Crippen LogP) is 4.29. The summed E-state index contributed by atoms with van der Waals surface area (Å²) in [4.78, 5) is 23.1. The third-order valence-electron chi connectivity index (χ3n) is 4.80. The van der Waals surface area contributed by atoms with Gasteiger partial charge in [-0.25, -0.2) is 9.87 Å². The summed E-state index contributed by atoms with van der Waals surface area (Å²) >= 11 is 0. The third kappa shape index (κ3) is 8.31. The Bertz CT molecular complexity index is 794. The van der Waals surface area contributed by atoms with Crippen LogP contribution in [-0.2, 0) is 16.1 Å². The molecule has 0 fully saturated rings. The molecule has 2 amide bonds. The van der Waals surface area contributed by atoms with Gasteiger partial charge in [-0.3, -0.25) is 14.8 Å². The van der Waals surface area contributed by atoms with Gasteiger partial charge >= 0.3 is 0 Å². The summed E-state index contributed by atoms with van der Waals surface area (Å²) in [5.41, 5.74) is 4.06. The summed E-state index contributed by atoms with van der Waals surface area (Å²) in [7, 11) is 0. The minimum atomic E-state index is -0.373. The lowest BCUT2D eigenvalue weighted by atomic mass is 10.1. The minimum Gasteiger partial charge on any atom is -0.369 e. The zero-order valence-corrected chi connectivity index (χ0v) is 17.2. The van der Waals surface area contributed by atoms with E-state index < -0.39 is 0 Å². The normalized spacial score (nSPS) is 11.7. The lowest BCUT2D eigenvalue weighted by Gasteiger charge is -2.14. The molecule has 0 aliphatic rings. The van der Waals surface area contributed by atoms with Gasteiger partial charge in [0.1, 0.15) is 5.82 Å². The maximum absolute atomic E-state index is 12.9. The Labute approximate surface area is 176 Å². The Balaban J connectivity index is 1.67. The molecule has 2 aromatic carbocycles. The summed E-state index contributed by atoms with van der Waals surface area (Å²) in [6, 6.07) is 13.5. The van der Waals surface area contributed by atoms with E-state index in [0.29, 0.717) is 31.6 Å². The number of unbranched alkanes of at least 4 members (excludes halogenated alkanes) is 3. The Kier molecular flexibility index (Phi) is 9.97. The van der Waals surface area contributed by atoms with Gasteiger partial charge in [-0.1, -0.05) is 37.1 Å². The molecule has 3 N–H and O–H groups in total. The van der Waals surface area contributed by atoms with E-state index >= 15 is 0 Å². The highest BCUT2D eigenvalue weighted by Crippen LogP contribution is 2.19. The molecule has 1 unspecified atom stereocenters. The fourth-order valence-corrected chi connectivity index (χ4v) is 2.93. The van der Waals surface area contributed by atoms with Gasteiger partial charge in [0.2, 0.25) is 5.91 Å². The van der Waals surface area contributed by atoms with Gasteiger partial charge in [0.05, 0.1) is 12.7 Å². The molecule has 7 heteroatoms. The molecule has 1 atom stereocenters. The number of ether oxygens (including phenoxy) is 1. The number of rotatable bonds is 12. The Morgan fingerprint density at radius 3 is 2.33 bits per heavy atom. The molecule has 0 heterocycles. The number of hydrogen-bond acceptors (Lipinski definition) is 4. The number of hydrogen-bond donors (Lipinski definition) is 3. The van der Waals surface area contributed by atoms with E-state index in [1.807, 2.05) is 19.1 Å². The molecule has 0 spiro atoms. The molecule has 0 saturated heterocycles. The van der Waals surface area contributed by atoms with Crippen LogP contribution in [0.25, 0.3) is 0 Å². The maximum Gasteiger partial charge on any atom is 0.251 e. The first-order chi connectivity index (χ1) is 14.5. The fraction of sp³-hybridized carbons (Fsp3) is 0.391. The molecule has 0 aliphatic heterocycles. The summed E-state index contributed by atoms with van der Waals surface area (Å²) in [5, 5.41) is 11.3. The van der Waals surface area contributed by atoms with Crippen molar-refractivity contribution in [2.24, 2.45) is 0 Å². The lowest BCUT2D eigenvalue weighted by Crippen LogP contribution is -2.24. The number of carbonyl (C=O) groups excluding carboxylic acids is 2. The van der Waals surface area contributed by atoms with Crippen LogP contribution in [0, 0.1) is 5.82 Å². The van der Waals surface area contributed by atoms with Gasteiger partial charge in [0.15, 0.2) is 0 Å². The average Bonchev–Trinajstić information content (AvgIpc) is 2.77. The van der Waals surface area contributed by atoms with Gasteiger partial charge in [-0.2, -0.15) is 0 Å². The largest absolute Gasteiger partial charge is 0.369 e. The molecule has 0 aromatic heterocycles. The molecule has 2 aromatic rings. The number of halogens is 1. The first-order valence-electron chi connectivity index (χ1n) is 10.2. The lowest BCUT2D eigenvalue weighted by molar-refractivity contribution is -0.129. The van der Waals surface area contributed by atoms with E-state index in [4.69, 9.17) is 9.94 Å². The van der Waals surface area contributed by atoms with Crippen molar-refractivity contribution in [3.63, 3.8) is 0 Å². The summed E-state index contributed by atoms with van der Waals surface area (Å²) < 4.78 is 18.8. The Hall–Kier alpha value is -2.77. The van der Waals surface area contributed by atoms with Crippen molar-refractivity contribution < 1.29 is 23.9 Å². The highest BCUT2D eigenvalue weighted by atomic mass is 19.1. The van der Waals surface area contributed by atoms with Crippen molar-refractivity contribution in [3.05, 3.63) is 71.0 Å².